The number of aromatic nitrogens is 2. The highest BCUT2D eigenvalue weighted by Gasteiger charge is 2.17. The SMILES string of the molecule is Cn1c(=O)n(C)c2cc(S(=O)(=O)NCCCOC[C@H]3CCCO3)ccc21. The number of fused-ring (bicyclic) bond motifs is 1. The first kappa shape index (κ1) is 19.1. The molecule has 2 aromatic rings. The lowest BCUT2D eigenvalue weighted by Crippen LogP contribution is -2.26. The van der Waals surface area contributed by atoms with Crippen LogP contribution >= 0.6 is 0 Å². The molecule has 1 aromatic carbocycles. The summed E-state index contributed by atoms with van der Waals surface area (Å²) in [7, 11) is -0.344. The lowest BCUT2D eigenvalue weighted by Gasteiger charge is -2.10. The van der Waals surface area contributed by atoms with Crippen LogP contribution in [0.4, 0.5) is 0 Å². The molecule has 0 unspecified atom stereocenters. The van der Waals surface area contributed by atoms with Crippen LogP contribution in [-0.4, -0.2) is 50.0 Å². The van der Waals surface area contributed by atoms with Crippen molar-refractivity contribution in [3.63, 3.8) is 0 Å². The van der Waals surface area contributed by atoms with Crippen LogP contribution < -0.4 is 10.4 Å². The van der Waals surface area contributed by atoms with Gasteiger partial charge in [-0.05, 0) is 37.5 Å². The molecule has 144 valence electrons. The number of hydrogen-bond donors (Lipinski definition) is 1. The minimum Gasteiger partial charge on any atom is -0.379 e. The smallest absolute Gasteiger partial charge is 0.328 e. The Morgan fingerprint density at radius 3 is 2.77 bits per heavy atom. The first-order chi connectivity index (χ1) is 12.4. The van der Waals surface area contributed by atoms with E-state index in [1.807, 2.05) is 0 Å². The number of benzene rings is 1. The molecule has 0 spiro atoms. The van der Waals surface area contributed by atoms with Crippen molar-refractivity contribution >= 4 is 21.1 Å². The molecule has 1 aromatic heterocycles. The topological polar surface area (TPSA) is 91.6 Å². The van der Waals surface area contributed by atoms with E-state index in [0.29, 0.717) is 37.2 Å². The van der Waals surface area contributed by atoms with Crippen molar-refractivity contribution in [3.8, 4) is 0 Å². The summed E-state index contributed by atoms with van der Waals surface area (Å²) in [6.07, 6.45) is 2.86. The summed E-state index contributed by atoms with van der Waals surface area (Å²) in [5.41, 5.74) is 1.09. The molecule has 26 heavy (non-hydrogen) atoms. The Hall–Kier alpha value is -1.68. The monoisotopic (exact) mass is 383 g/mol. The molecule has 1 aliphatic heterocycles. The molecule has 1 fully saturated rings. The summed E-state index contributed by atoms with van der Waals surface area (Å²) >= 11 is 0. The molecule has 8 nitrogen and oxygen atoms in total. The Morgan fingerprint density at radius 1 is 1.27 bits per heavy atom. The number of imidazole rings is 1. The minimum absolute atomic E-state index is 0.145. The van der Waals surface area contributed by atoms with Crippen molar-refractivity contribution in [2.24, 2.45) is 14.1 Å². The lowest BCUT2D eigenvalue weighted by molar-refractivity contribution is 0.0169. The number of nitrogens with one attached hydrogen (secondary N) is 1. The Bertz CT molecular complexity index is 926. The molecule has 0 saturated carbocycles. The molecule has 0 bridgehead atoms. The highest BCUT2D eigenvalue weighted by molar-refractivity contribution is 7.89. The lowest BCUT2D eigenvalue weighted by atomic mass is 10.2. The summed E-state index contributed by atoms with van der Waals surface area (Å²) in [6.45, 7) is 2.13. The van der Waals surface area contributed by atoms with Gasteiger partial charge in [-0.2, -0.15) is 0 Å². The van der Waals surface area contributed by atoms with Crippen molar-refractivity contribution < 1.29 is 17.9 Å². The Morgan fingerprint density at radius 2 is 2.04 bits per heavy atom. The van der Waals surface area contributed by atoms with Crippen molar-refractivity contribution in [2.45, 2.75) is 30.3 Å². The van der Waals surface area contributed by atoms with Crippen LogP contribution in [0.1, 0.15) is 19.3 Å². The van der Waals surface area contributed by atoms with Crippen molar-refractivity contribution in [1.29, 1.82) is 0 Å². The van der Waals surface area contributed by atoms with Gasteiger partial charge in [-0.1, -0.05) is 0 Å². The van der Waals surface area contributed by atoms with E-state index >= 15 is 0 Å². The van der Waals surface area contributed by atoms with Crippen LogP contribution in [0.15, 0.2) is 27.9 Å². The molecule has 0 amide bonds. The van der Waals surface area contributed by atoms with Gasteiger partial charge in [0.15, 0.2) is 0 Å². The van der Waals surface area contributed by atoms with Crippen LogP contribution in [0.25, 0.3) is 11.0 Å². The molecular weight excluding hydrogens is 358 g/mol. The maximum Gasteiger partial charge on any atom is 0.328 e. The molecule has 1 atom stereocenters. The predicted molar refractivity (Wildman–Crippen MR) is 97.8 cm³/mol. The fraction of sp³-hybridized carbons (Fsp3) is 0.588. The van der Waals surface area contributed by atoms with Crippen LogP contribution in [-0.2, 0) is 33.6 Å². The zero-order valence-corrected chi connectivity index (χ0v) is 15.9. The quantitative estimate of drug-likeness (QED) is 0.679. The molecular formula is C17H25N3O5S. The van der Waals surface area contributed by atoms with Crippen molar-refractivity contribution in [2.75, 3.05) is 26.4 Å². The van der Waals surface area contributed by atoms with E-state index in [2.05, 4.69) is 4.72 Å². The van der Waals surface area contributed by atoms with E-state index < -0.39 is 10.0 Å². The van der Waals surface area contributed by atoms with Gasteiger partial charge in [0, 0.05) is 33.9 Å². The maximum atomic E-state index is 12.5. The molecule has 0 radical (unpaired) electrons. The third kappa shape index (κ3) is 4.01. The van der Waals surface area contributed by atoms with Gasteiger partial charge in [0.05, 0.1) is 28.6 Å². The standard InChI is InChI=1S/C17H25N3O5S/c1-19-15-7-6-14(11-16(15)20(2)17(19)21)26(22,23)18-8-4-9-24-12-13-5-3-10-25-13/h6-7,11,13,18H,3-5,8-10,12H2,1-2H3/t13-/m1/s1. The maximum absolute atomic E-state index is 12.5. The molecule has 3 rings (SSSR count). The number of hydrogen-bond acceptors (Lipinski definition) is 5. The average Bonchev–Trinajstić information content (AvgIpc) is 3.22. The average molecular weight is 383 g/mol. The van der Waals surface area contributed by atoms with Crippen LogP contribution in [0.3, 0.4) is 0 Å². The van der Waals surface area contributed by atoms with Crippen molar-refractivity contribution in [1.82, 2.24) is 13.9 Å². The van der Waals surface area contributed by atoms with Crippen molar-refractivity contribution in [3.05, 3.63) is 28.7 Å². The van der Waals surface area contributed by atoms with E-state index in [4.69, 9.17) is 9.47 Å². The van der Waals surface area contributed by atoms with Gasteiger partial charge in [0.25, 0.3) is 0 Å². The summed E-state index contributed by atoms with van der Waals surface area (Å²) in [5.74, 6) is 0. The molecule has 9 heteroatoms. The van der Waals surface area contributed by atoms with Gasteiger partial charge in [-0.15, -0.1) is 0 Å². The Balaban J connectivity index is 1.55. The third-order valence-electron chi connectivity index (χ3n) is 4.64. The molecule has 1 N–H and O–H groups in total. The second-order valence-corrected chi connectivity index (χ2v) is 8.28. The summed E-state index contributed by atoms with van der Waals surface area (Å²) in [5, 5.41) is 0. The van der Waals surface area contributed by atoms with Gasteiger partial charge in [-0.3, -0.25) is 9.13 Å². The van der Waals surface area contributed by atoms with Gasteiger partial charge < -0.3 is 9.47 Å². The van der Waals surface area contributed by atoms with Gasteiger partial charge >= 0.3 is 5.69 Å². The van der Waals surface area contributed by atoms with Gasteiger partial charge in [0.2, 0.25) is 10.0 Å². The van der Waals surface area contributed by atoms with E-state index in [-0.39, 0.29) is 16.7 Å². The number of rotatable bonds is 8. The Kier molecular flexibility index (Phi) is 5.81. The van der Waals surface area contributed by atoms with Crippen LogP contribution in [0.2, 0.25) is 0 Å². The molecule has 1 saturated heterocycles. The fourth-order valence-corrected chi connectivity index (χ4v) is 4.20. The van der Waals surface area contributed by atoms with E-state index in [0.717, 1.165) is 19.4 Å². The van der Waals surface area contributed by atoms with E-state index in [9.17, 15) is 13.2 Å². The normalized spacial score (nSPS) is 18.0. The number of sulfonamides is 1. The minimum atomic E-state index is -3.63. The first-order valence-corrected chi connectivity index (χ1v) is 10.2. The molecule has 0 aliphatic carbocycles. The zero-order chi connectivity index (χ0) is 18.7. The molecule has 2 heterocycles. The van der Waals surface area contributed by atoms with Crippen LogP contribution in [0, 0.1) is 0 Å². The summed E-state index contributed by atoms with van der Waals surface area (Å²) in [6, 6.07) is 4.68. The fourth-order valence-electron chi connectivity index (χ4n) is 3.11. The van der Waals surface area contributed by atoms with E-state index in [1.54, 1.807) is 20.2 Å². The van der Waals surface area contributed by atoms with Gasteiger partial charge in [-0.25, -0.2) is 17.9 Å². The third-order valence-corrected chi connectivity index (χ3v) is 6.10. The summed E-state index contributed by atoms with van der Waals surface area (Å²) < 4.78 is 41.4. The Labute approximate surface area is 152 Å². The zero-order valence-electron chi connectivity index (χ0n) is 15.1. The number of nitrogens with zero attached hydrogens (tertiary/aromatic N) is 2. The van der Waals surface area contributed by atoms with E-state index in [1.165, 1.54) is 21.3 Å². The second kappa shape index (κ2) is 7.91. The largest absolute Gasteiger partial charge is 0.379 e. The summed E-state index contributed by atoms with van der Waals surface area (Å²) in [4.78, 5) is 12.1. The van der Waals surface area contributed by atoms with Crippen LogP contribution in [0.5, 0.6) is 0 Å². The highest BCUT2D eigenvalue weighted by atomic mass is 32.2. The second-order valence-electron chi connectivity index (χ2n) is 6.51. The van der Waals surface area contributed by atoms with Gasteiger partial charge in [0.1, 0.15) is 0 Å². The number of ether oxygens (including phenoxy) is 2. The molecule has 1 aliphatic rings. The highest BCUT2D eigenvalue weighted by Crippen LogP contribution is 2.17. The predicted octanol–water partition coefficient (Wildman–Crippen LogP) is 0.741. The number of aryl methyl sites for hydroxylation is 2. The first-order valence-electron chi connectivity index (χ1n) is 8.74.